The standard InChI is InChI=1S/C20H25N3O2/c1-3-22(2)19-17(11-7-13-21-19)18-12-8-14-23(18)20(24)25-15-16-9-5-4-6-10-16/h4-7,9-11,13,18H,3,8,12,14-15H2,1-2H3/t18-/m0/s1. The van der Waals surface area contributed by atoms with E-state index in [4.69, 9.17) is 4.74 Å². The predicted octanol–water partition coefficient (Wildman–Crippen LogP) is 4.01. The van der Waals surface area contributed by atoms with E-state index in [0.717, 1.165) is 42.9 Å². The van der Waals surface area contributed by atoms with Crippen LogP contribution < -0.4 is 4.90 Å². The number of hydrogen-bond donors (Lipinski definition) is 0. The minimum atomic E-state index is -0.250. The molecule has 1 aliphatic rings. The molecule has 1 aliphatic heterocycles. The summed E-state index contributed by atoms with van der Waals surface area (Å²) in [5.41, 5.74) is 2.10. The number of carbonyl (C=O) groups is 1. The van der Waals surface area contributed by atoms with Crippen LogP contribution in [0.5, 0.6) is 0 Å². The van der Waals surface area contributed by atoms with Crippen molar-refractivity contribution < 1.29 is 9.53 Å². The molecule has 1 atom stereocenters. The molecule has 1 fully saturated rings. The van der Waals surface area contributed by atoms with Crippen LogP contribution in [0, 0.1) is 0 Å². The van der Waals surface area contributed by atoms with E-state index in [0.29, 0.717) is 6.61 Å². The van der Waals surface area contributed by atoms with E-state index in [1.165, 1.54) is 0 Å². The van der Waals surface area contributed by atoms with E-state index in [1.54, 1.807) is 6.20 Å². The molecule has 0 bridgehead atoms. The van der Waals surface area contributed by atoms with Crippen LogP contribution in [0.25, 0.3) is 0 Å². The zero-order chi connectivity index (χ0) is 17.6. The average Bonchev–Trinajstić information content (AvgIpc) is 3.16. The van der Waals surface area contributed by atoms with Crippen molar-refractivity contribution >= 4 is 11.9 Å². The predicted molar refractivity (Wildman–Crippen MR) is 98.5 cm³/mol. The molecule has 132 valence electrons. The zero-order valence-corrected chi connectivity index (χ0v) is 14.9. The lowest BCUT2D eigenvalue weighted by molar-refractivity contribution is 0.0921. The fraction of sp³-hybridized carbons (Fsp3) is 0.400. The number of amides is 1. The Kier molecular flexibility index (Phi) is 5.53. The maximum absolute atomic E-state index is 12.6. The van der Waals surface area contributed by atoms with Crippen LogP contribution in [0.4, 0.5) is 10.6 Å². The topological polar surface area (TPSA) is 45.7 Å². The Morgan fingerprint density at radius 1 is 1.28 bits per heavy atom. The third-order valence-corrected chi connectivity index (χ3v) is 4.70. The van der Waals surface area contributed by atoms with Crippen LogP contribution in [0.15, 0.2) is 48.7 Å². The molecule has 0 N–H and O–H groups in total. The summed E-state index contributed by atoms with van der Waals surface area (Å²) in [6.45, 7) is 3.99. The van der Waals surface area contributed by atoms with E-state index < -0.39 is 0 Å². The van der Waals surface area contributed by atoms with Gasteiger partial charge in [-0.2, -0.15) is 0 Å². The number of aromatic nitrogens is 1. The van der Waals surface area contributed by atoms with Crippen molar-refractivity contribution in [2.45, 2.75) is 32.4 Å². The normalized spacial score (nSPS) is 16.7. The number of anilines is 1. The highest BCUT2D eigenvalue weighted by Crippen LogP contribution is 2.36. The molecule has 0 aliphatic carbocycles. The first-order valence-corrected chi connectivity index (χ1v) is 8.84. The largest absolute Gasteiger partial charge is 0.445 e. The van der Waals surface area contributed by atoms with Gasteiger partial charge in [-0.3, -0.25) is 0 Å². The van der Waals surface area contributed by atoms with E-state index in [-0.39, 0.29) is 12.1 Å². The molecular weight excluding hydrogens is 314 g/mol. The lowest BCUT2D eigenvalue weighted by Gasteiger charge is -2.28. The number of rotatable bonds is 5. The number of hydrogen-bond acceptors (Lipinski definition) is 4. The lowest BCUT2D eigenvalue weighted by atomic mass is 10.1. The number of nitrogens with zero attached hydrogens (tertiary/aromatic N) is 3. The summed E-state index contributed by atoms with van der Waals surface area (Å²) < 4.78 is 5.54. The molecule has 0 spiro atoms. The molecule has 25 heavy (non-hydrogen) atoms. The van der Waals surface area contributed by atoms with E-state index >= 15 is 0 Å². The molecule has 5 heteroatoms. The van der Waals surface area contributed by atoms with Crippen molar-refractivity contribution in [2.75, 3.05) is 25.0 Å². The van der Waals surface area contributed by atoms with Crippen LogP contribution in [-0.4, -0.2) is 36.1 Å². The summed E-state index contributed by atoms with van der Waals surface area (Å²) in [6.07, 6.45) is 3.48. The van der Waals surface area contributed by atoms with Crippen molar-refractivity contribution in [1.29, 1.82) is 0 Å². The van der Waals surface area contributed by atoms with Gasteiger partial charge in [-0.25, -0.2) is 9.78 Å². The minimum Gasteiger partial charge on any atom is -0.445 e. The van der Waals surface area contributed by atoms with Gasteiger partial charge in [0.2, 0.25) is 0 Å². The molecule has 0 saturated carbocycles. The van der Waals surface area contributed by atoms with E-state index in [1.807, 2.05) is 48.3 Å². The Labute approximate surface area is 149 Å². The maximum Gasteiger partial charge on any atom is 0.410 e. The van der Waals surface area contributed by atoms with Gasteiger partial charge in [0.25, 0.3) is 0 Å². The summed E-state index contributed by atoms with van der Waals surface area (Å²) in [7, 11) is 2.03. The Balaban J connectivity index is 1.73. The van der Waals surface area contributed by atoms with Crippen LogP contribution >= 0.6 is 0 Å². The average molecular weight is 339 g/mol. The Morgan fingerprint density at radius 2 is 2.08 bits per heavy atom. The van der Waals surface area contributed by atoms with Gasteiger partial charge in [0.05, 0.1) is 6.04 Å². The zero-order valence-electron chi connectivity index (χ0n) is 14.9. The second-order valence-electron chi connectivity index (χ2n) is 6.32. The molecule has 5 nitrogen and oxygen atoms in total. The third kappa shape index (κ3) is 3.92. The minimum absolute atomic E-state index is 0.0287. The summed E-state index contributed by atoms with van der Waals surface area (Å²) in [5, 5.41) is 0. The molecule has 2 aromatic rings. The molecular formula is C20H25N3O2. The van der Waals surface area contributed by atoms with Gasteiger partial charge in [0, 0.05) is 31.9 Å². The molecule has 1 aromatic carbocycles. The summed E-state index contributed by atoms with van der Waals surface area (Å²) >= 11 is 0. The van der Waals surface area contributed by atoms with Gasteiger partial charge in [0.15, 0.2) is 0 Å². The van der Waals surface area contributed by atoms with Crippen molar-refractivity contribution in [3.63, 3.8) is 0 Å². The van der Waals surface area contributed by atoms with Crippen LogP contribution in [0.2, 0.25) is 0 Å². The highest BCUT2D eigenvalue weighted by molar-refractivity contribution is 5.69. The quantitative estimate of drug-likeness (QED) is 0.826. The van der Waals surface area contributed by atoms with Crippen LogP contribution in [0.1, 0.15) is 36.9 Å². The summed E-state index contributed by atoms with van der Waals surface area (Å²) in [5.74, 6) is 0.942. The molecule has 2 heterocycles. The number of likely N-dealkylation sites (tertiary alicyclic amines) is 1. The maximum atomic E-state index is 12.6. The monoisotopic (exact) mass is 339 g/mol. The Hall–Kier alpha value is -2.56. The fourth-order valence-electron chi connectivity index (χ4n) is 3.25. The van der Waals surface area contributed by atoms with Gasteiger partial charge in [-0.15, -0.1) is 0 Å². The second kappa shape index (κ2) is 8.01. The fourth-order valence-corrected chi connectivity index (χ4v) is 3.25. The van der Waals surface area contributed by atoms with Crippen LogP contribution in [-0.2, 0) is 11.3 Å². The van der Waals surface area contributed by atoms with Crippen molar-refractivity contribution in [3.8, 4) is 0 Å². The number of pyridine rings is 1. The second-order valence-corrected chi connectivity index (χ2v) is 6.32. The number of carbonyl (C=O) groups excluding carboxylic acids is 1. The van der Waals surface area contributed by atoms with Crippen molar-refractivity contribution in [2.24, 2.45) is 0 Å². The number of benzene rings is 1. The highest BCUT2D eigenvalue weighted by Gasteiger charge is 2.33. The molecule has 1 saturated heterocycles. The van der Waals surface area contributed by atoms with E-state index in [2.05, 4.69) is 22.9 Å². The van der Waals surface area contributed by atoms with Gasteiger partial charge in [-0.05, 0) is 31.4 Å². The third-order valence-electron chi connectivity index (χ3n) is 4.70. The van der Waals surface area contributed by atoms with Gasteiger partial charge >= 0.3 is 6.09 Å². The first-order chi connectivity index (χ1) is 12.2. The molecule has 3 rings (SSSR count). The van der Waals surface area contributed by atoms with Crippen molar-refractivity contribution in [3.05, 3.63) is 59.8 Å². The summed E-state index contributed by atoms with van der Waals surface area (Å²) in [6, 6.07) is 13.8. The molecule has 1 aromatic heterocycles. The molecule has 0 unspecified atom stereocenters. The SMILES string of the molecule is CCN(C)c1ncccc1[C@@H]1CCCN1C(=O)OCc1ccccc1. The highest BCUT2D eigenvalue weighted by atomic mass is 16.6. The van der Waals surface area contributed by atoms with Crippen molar-refractivity contribution in [1.82, 2.24) is 9.88 Å². The Bertz CT molecular complexity index is 705. The first kappa shape index (κ1) is 17.3. The van der Waals surface area contributed by atoms with Gasteiger partial charge < -0.3 is 14.5 Å². The Morgan fingerprint density at radius 3 is 2.84 bits per heavy atom. The smallest absolute Gasteiger partial charge is 0.410 e. The van der Waals surface area contributed by atoms with Gasteiger partial charge in [-0.1, -0.05) is 36.4 Å². The summed E-state index contributed by atoms with van der Waals surface area (Å²) in [4.78, 5) is 21.1. The molecule has 0 radical (unpaired) electrons. The van der Waals surface area contributed by atoms with E-state index in [9.17, 15) is 4.79 Å². The van der Waals surface area contributed by atoms with Gasteiger partial charge in [0.1, 0.15) is 12.4 Å². The lowest BCUT2D eigenvalue weighted by Crippen LogP contribution is -2.32. The van der Waals surface area contributed by atoms with Crippen LogP contribution in [0.3, 0.4) is 0 Å². The molecule has 1 amide bonds. The number of ether oxygens (including phenoxy) is 1. The first-order valence-electron chi connectivity index (χ1n) is 8.84.